The number of hydrogen-bond acceptors (Lipinski definition) is 3. The Labute approximate surface area is 136 Å². The van der Waals surface area contributed by atoms with Gasteiger partial charge in [-0.2, -0.15) is 0 Å². The van der Waals surface area contributed by atoms with Gasteiger partial charge in [-0.15, -0.1) is 0 Å². The molecule has 0 bridgehead atoms. The van der Waals surface area contributed by atoms with Crippen molar-refractivity contribution in [2.24, 2.45) is 0 Å². The van der Waals surface area contributed by atoms with Gasteiger partial charge in [-0.05, 0) is 30.9 Å². The molecule has 1 amide bonds. The first-order valence-electron chi connectivity index (χ1n) is 8.39. The van der Waals surface area contributed by atoms with Crippen LogP contribution in [0.1, 0.15) is 48.0 Å². The number of carbonyl (C=O) groups is 2. The van der Waals surface area contributed by atoms with Crippen molar-refractivity contribution in [3.63, 3.8) is 0 Å². The smallest absolute Gasteiger partial charge is 0.335 e. The van der Waals surface area contributed by atoms with Crippen LogP contribution in [0.4, 0.5) is 0 Å². The SMILES string of the molecule is O=C(O)c1ccccc1CCC(=O)N1CCOC2CCCCC21. The number of rotatable bonds is 4. The lowest BCUT2D eigenvalue weighted by Crippen LogP contribution is -2.54. The first-order valence-corrected chi connectivity index (χ1v) is 8.39. The van der Waals surface area contributed by atoms with E-state index in [2.05, 4.69) is 0 Å². The Morgan fingerprint density at radius 2 is 2.00 bits per heavy atom. The highest BCUT2D eigenvalue weighted by molar-refractivity contribution is 5.89. The van der Waals surface area contributed by atoms with Crippen LogP contribution >= 0.6 is 0 Å². The van der Waals surface area contributed by atoms with Gasteiger partial charge in [0.15, 0.2) is 0 Å². The minimum absolute atomic E-state index is 0.116. The van der Waals surface area contributed by atoms with E-state index in [1.54, 1.807) is 18.2 Å². The number of carboxylic acids is 1. The van der Waals surface area contributed by atoms with Gasteiger partial charge in [0.1, 0.15) is 0 Å². The molecule has 0 radical (unpaired) electrons. The number of aryl methyl sites for hydroxylation is 1. The summed E-state index contributed by atoms with van der Waals surface area (Å²) in [5, 5.41) is 9.22. The molecule has 1 aromatic carbocycles. The number of carbonyl (C=O) groups excluding carboxylic acids is 1. The molecule has 23 heavy (non-hydrogen) atoms. The quantitative estimate of drug-likeness (QED) is 0.926. The summed E-state index contributed by atoms with van der Waals surface area (Å²) in [6.45, 7) is 1.26. The number of hydrogen-bond donors (Lipinski definition) is 1. The molecule has 1 heterocycles. The summed E-state index contributed by atoms with van der Waals surface area (Å²) in [5.41, 5.74) is 1.01. The molecule has 2 atom stereocenters. The number of nitrogens with zero attached hydrogens (tertiary/aromatic N) is 1. The first-order chi connectivity index (χ1) is 11.2. The first kappa shape index (κ1) is 16.0. The van der Waals surface area contributed by atoms with Crippen LogP contribution in [0.15, 0.2) is 24.3 Å². The maximum absolute atomic E-state index is 12.6. The van der Waals surface area contributed by atoms with E-state index in [0.29, 0.717) is 26.0 Å². The molecular formula is C18H23NO4. The number of ether oxygens (including phenoxy) is 1. The van der Waals surface area contributed by atoms with Gasteiger partial charge in [0, 0.05) is 13.0 Å². The van der Waals surface area contributed by atoms with Crippen molar-refractivity contribution in [3.8, 4) is 0 Å². The predicted molar refractivity (Wildman–Crippen MR) is 85.4 cm³/mol. The van der Waals surface area contributed by atoms with Crippen molar-refractivity contribution >= 4 is 11.9 Å². The minimum atomic E-state index is -0.938. The lowest BCUT2D eigenvalue weighted by atomic mass is 9.89. The molecular weight excluding hydrogens is 294 g/mol. The predicted octanol–water partition coefficient (Wildman–Crippen LogP) is 2.49. The van der Waals surface area contributed by atoms with Gasteiger partial charge >= 0.3 is 5.97 Å². The summed E-state index contributed by atoms with van der Waals surface area (Å²) < 4.78 is 5.80. The molecule has 1 aliphatic heterocycles. The molecule has 1 saturated carbocycles. The fourth-order valence-corrected chi connectivity index (χ4v) is 3.74. The zero-order valence-corrected chi connectivity index (χ0v) is 13.2. The zero-order chi connectivity index (χ0) is 16.2. The Kier molecular flexibility index (Phi) is 4.96. The minimum Gasteiger partial charge on any atom is -0.478 e. The molecule has 1 N–H and O–H groups in total. The Morgan fingerprint density at radius 3 is 2.83 bits per heavy atom. The van der Waals surface area contributed by atoms with Crippen LogP contribution in [0.5, 0.6) is 0 Å². The average molecular weight is 317 g/mol. The molecule has 2 fully saturated rings. The lowest BCUT2D eigenvalue weighted by molar-refractivity contribution is -0.149. The van der Waals surface area contributed by atoms with E-state index < -0.39 is 5.97 Å². The van der Waals surface area contributed by atoms with Crippen molar-refractivity contribution in [1.29, 1.82) is 0 Å². The van der Waals surface area contributed by atoms with Gasteiger partial charge in [-0.3, -0.25) is 4.79 Å². The van der Waals surface area contributed by atoms with Gasteiger partial charge in [0.2, 0.25) is 5.91 Å². The van der Waals surface area contributed by atoms with E-state index >= 15 is 0 Å². The topological polar surface area (TPSA) is 66.8 Å². The third-order valence-electron chi connectivity index (χ3n) is 4.91. The van der Waals surface area contributed by atoms with E-state index in [-0.39, 0.29) is 23.6 Å². The molecule has 0 spiro atoms. The standard InChI is InChI=1S/C18H23NO4/c20-17(10-9-13-5-1-2-6-14(13)18(21)22)19-11-12-23-16-8-4-3-7-15(16)19/h1-2,5-6,15-16H,3-4,7-12H2,(H,21,22). The van der Waals surface area contributed by atoms with Gasteiger partial charge in [-0.1, -0.05) is 31.0 Å². The normalized spacial score (nSPS) is 24.1. The van der Waals surface area contributed by atoms with Crippen molar-refractivity contribution < 1.29 is 19.4 Å². The third kappa shape index (κ3) is 3.55. The van der Waals surface area contributed by atoms with Crippen molar-refractivity contribution in [3.05, 3.63) is 35.4 Å². The number of benzene rings is 1. The number of amides is 1. The zero-order valence-electron chi connectivity index (χ0n) is 13.2. The molecule has 1 aromatic rings. The Hall–Kier alpha value is -1.88. The summed E-state index contributed by atoms with van der Waals surface area (Å²) in [4.78, 5) is 25.8. The van der Waals surface area contributed by atoms with Crippen LogP contribution in [-0.2, 0) is 16.0 Å². The summed E-state index contributed by atoms with van der Waals surface area (Å²) in [7, 11) is 0. The van der Waals surface area contributed by atoms with Crippen LogP contribution in [0, 0.1) is 0 Å². The highest BCUT2D eigenvalue weighted by Crippen LogP contribution is 2.29. The largest absolute Gasteiger partial charge is 0.478 e. The van der Waals surface area contributed by atoms with Gasteiger partial charge in [-0.25, -0.2) is 4.79 Å². The Balaban J connectivity index is 1.64. The van der Waals surface area contributed by atoms with E-state index in [1.165, 1.54) is 6.42 Å². The Morgan fingerprint density at radius 1 is 1.22 bits per heavy atom. The molecule has 1 aliphatic carbocycles. The second kappa shape index (κ2) is 7.13. The fourth-order valence-electron chi connectivity index (χ4n) is 3.74. The highest BCUT2D eigenvalue weighted by Gasteiger charge is 2.36. The maximum atomic E-state index is 12.6. The molecule has 2 aliphatic rings. The molecule has 1 saturated heterocycles. The number of carboxylic acid groups (broad SMARTS) is 1. The molecule has 0 aromatic heterocycles. The van der Waals surface area contributed by atoms with E-state index in [9.17, 15) is 14.7 Å². The average Bonchev–Trinajstić information content (AvgIpc) is 2.59. The summed E-state index contributed by atoms with van der Waals surface area (Å²) in [6, 6.07) is 7.12. The lowest BCUT2D eigenvalue weighted by Gasteiger charge is -2.43. The summed E-state index contributed by atoms with van der Waals surface area (Å²) in [6.07, 6.45) is 5.39. The molecule has 124 valence electrons. The van der Waals surface area contributed by atoms with Crippen molar-refractivity contribution in [2.45, 2.75) is 50.7 Å². The third-order valence-corrected chi connectivity index (χ3v) is 4.91. The summed E-state index contributed by atoms with van der Waals surface area (Å²) >= 11 is 0. The van der Waals surface area contributed by atoms with Crippen molar-refractivity contribution in [2.75, 3.05) is 13.2 Å². The van der Waals surface area contributed by atoms with E-state index in [0.717, 1.165) is 24.8 Å². The number of aromatic carboxylic acids is 1. The van der Waals surface area contributed by atoms with E-state index in [1.807, 2.05) is 11.0 Å². The summed E-state index contributed by atoms with van der Waals surface area (Å²) in [5.74, 6) is -0.822. The van der Waals surface area contributed by atoms with Crippen LogP contribution in [0.2, 0.25) is 0 Å². The van der Waals surface area contributed by atoms with Gasteiger partial charge in [0.05, 0.1) is 24.3 Å². The molecule has 5 nitrogen and oxygen atoms in total. The van der Waals surface area contributed by atoms with Crippen LogP contribution in [-0.4, -0.2) is 47.2 Å². The molecule has 5 heteroatoms. The van der Waals surface area contributed by atoms with E-state index in [4.69, 9.17) is 4.74 Å². The van der Waals surface area contributed by atoms with Gasteiger partial charge in [0.25, 0.3) is 0 Å². The fraction of sp³-hybridized carbons (Fsp3) is 0.556. The number of morpholine rings is 1. The van der Waals surface area contributed by atoms with Crippen LogP contribution < -0.4 is 0 Å². The second-order valence-electron chi connectivity index (χ2n) is 6.31. The van der Waals surface area contributed by atoms with Crippen molar-refractivity contribution in [1.82, 2.24) is 4.90 Å². The maximum Gasteiger partial charge on any atom is 0.335 e. The van der Waals surface area contributed by atoms with Crippen LogP contribution in [0.25, 0.3) is 0 Å². The Bertz CT molecular complexity index is 584. The van der Waals surface area contributed by atoms with Crippen LogP contribution in [0.3, 0.4) is 0 Å². The number of fused-ring (bicyclic) bond motifs is 1. The molecule has 3 rings (SSSR count). The molecule has 2 unspecified atom stereocenters. The monoisotopic (exact) mass is 317 g/mol. The highest BCUT2D eigenvalue weighted by atomic mass is 16.5. The van der Waals surface area contributed by atoms with Gasteiger partial charge < -0.3 is 14.7 Å². The second-order valence-corrected chi connectivity index (χ2v) is 6.31.